The molecule has 0 unspecified atom stereocenters. The fourth-order valence-electron chi connectivity index (χ4n) is 3.17. The van der Waals surface area contributed by atoms with Crippen LogP contribution >= 0.6 is 23.5 Å². The molecular formula is C30H30N6O8S2. The topological polar surface area (TPSA) is 301 Å². The lowest BCUT2D eigenvalue weighted by Crippen LogP contribution is -2.20. The lowest BCUT2D eigenvalue weighted by Gasteiger charge is -2.07. The molecule has 14 N–H and O–H groups in total. The number of rotatable bonds is 8. The summed E-state index contributed by atoms with van der Waals surface area (Å²) in [5.41, 5.74) is 18.5. The number of guanidine groups is 2. The van der Waals surface area contributed by atoms with Crippen LogP contribution in [-0.2, 0) is 0 Å². The third-order valence-corrected chi connectivity index (χ3v) is 7.21. The highest BCUT2D eigenvalue weighted by atomic mass is 32.2. The van der Waals surface area contributed by atoms with E-state index in [0.717, 1.165) is 23.5 Å². The number of carbonyl (C=O) groups is 4. The van der Waals surface area contributed by atoms with E-state index < -0.39 is 23.9 Å². The zero-order valence-corrected chi connectivity index (χ0v) is 25.4. The molecule has 4 rings (SSSR count). The molecule has 0 atom stereocenters. The van der Waals surface area contributed by atoms with Crippen LogP contribution in [0.2, 0.25) is 0 Å². The van der Waals surface area contributed by atoms with Gasteiger partial charge in [-0.05, 0) is 48.5 Å². The van der Waals surface area contributed by atoms with Crippen molar-refractivity contribution in [2.75, 3.05) is 0 Å². The summed E-state index contributed by atoms with van der Waals surface area (Å²) in [6.07, 6.45) is 0. The van der Waals surface area contributed by atoms with Gasteiger partial charge < -0.3 is 43.4 Å². The molecule has 14 nitrogen and oxygen atoms in total. The van der Waals surface area contributed by atoms with Crippen molar-refractivity contribution in [1.82, 2.24) is 0 Å². The van der Waals surface area contributed by atoms with Gasteiger partial charge in [-0.15, -0.1) is 0 Å². The summed E-state index contributed by atoms with van der Waals surface area (Å²) in [5.74, 6) is -4.79. The molecule has 0 fully saturated rings. The van der Waals surface area contributed by atoms with Crippen molar-refractivity contribution in [3.63, 3.8) is 0 Å². The maximum atomic E-state index is 11.1. The maximum absolute atomic E-state index is 11.1. The van der Waals surface area contributed by atoms with Crippen LogP contribution < -0.4 is 22.9 Å². The molecule has 0 radical (unpaired) electrons. The first kappa shape index (κ1) is 38.0. The standard InChI is InChI=1S/2C14H10O4S.2CH5N3/c2*15-13(16)9-5-1-3-7-11(9)19-12-8-4-2-6-10(12)14(17)18;2*2-1(3)4/h2*1-8H,(H,15,16)(H,17,18);2*(H5,2,3,4). The van der Waals surface area contributed by atoms with Gasteiger partial charge in [0.25, 0.3) is 0 Å². The molecule has 0 aliphatic carbocycles. The minimum absolute atomic E-state index is 0.160. The van der Waals surface area contributed by atoms with Gasteiger partial charge in [0, 0.05) is 19.6 Å². The Kier molecular flexibility index (Phi) is 16.0. The molecule has 16 heteroatoms. The Balaban J connectivity index is 0.000000374. The summed E-state index contributed by atoms with van der Waals surface area (Å²) in [6.45, 7) is 0. The fourth-order valence-corrected chi connectivity index (χ4v) is 5.29. The molecule has 4 aromatic rings. The van der Waals surface area contributed by atoms with Crippen LogP contribution in [0.1, 0.15) is 41.4 Å². The molecule has 0 heterocycles. The molecule has 240 valence electrons. The lowest BCUT2D eigenvalue weighted by atomic mass is 10.2. The fraction of sp³-hybridized carbons (Fsp3) is 0. The van der Waals surface area contributed by atoms with Gasteiger partial charge in [-0.1, -0.05) is 72.1 Å². The van der Waals surface area contributed by atoms with E-state index in [2.05, 4.69) is 22.9 Å². The van der Waals surface area contributed by atoms with Crippen molar-refractivity contribution in [1.29, 1.82) is 10.8 Å². The first-order valence-electron chi connectivity index (χ1n) is 12.5. The molecule has 0 aliphatic rings. The highest BCUT2D eigenvalue weighted by Gasteiger charge is 2.16. The number of carboxylic acids is 4. The Bertz CT molecular complexity index is 1470. The van der Waals surface area contributed by atoms with Gasteiger partial charge in [0.1, 0.15) is 0 Å². The van der Waals surface area contributed by atoms with Gasteiger partial charge in [0.15, 0.2) is 11.9 Å². The van der Waals surface area contributed by atoms with Crippen LogP contribution in [0, 0.1) is 10.8 Å². The third kappa shape index (κ3) is 13.5. The molecule has 0 aromatic heterocycles. The van der Waals surface area contributed by atoms with Crippen molar-refractivity contribution in [2.24, 2.45) is 22.9 Å². The second kappa shape index (κ2) is 19.3. The Morgan fingerprint density at radius 1 is 0.413 bits per heavy atom. The Morgan fingerprint density at radius 3 is 0.717 bits per heavy atom. The van der Waals surface area contributed by atoms with Gasteiger partial charge in [0.2, 0.25) is 0 Å². The second-order valence-electron chi connectivity index (χ2n) is 8.32. The lowest BCUT2D eigenvalue weighted by molar-refractivity contribution is 0.0681. The molecule has 0 saturated heterocycles. The number of hydrogen-bond donors (Lipinski definition) is 10. The van der Waals surface area contributed by atoms with Crippen LogP contribution in [0.25, 0.3) is 0 Å². The Hall–Kier alpha value is -6.00. The zero-order chi connectivity index (χ0) is 34.8. The SMILES string of the molecule is N=C(N)N.N=C(N)N.O=C(O)c1ccccc1Sc1ccccc1C(=O)O.O=C(O)c1ccccc1Sc1ccccc1C(=O)O. The predicted octanol–water partition coefficient (Wildman–Crippen LogP) is 4.15. The number of carboxylic acid groups (broad SMARTS) is 4. The summed E-state index contributed by atoms with van der Waals surface area (Å²) in [7, 11) is 0. The highest BCUT2D eigenvalue weighted by Crippen LogP contribution is 2.34. The van der Waals surface area contributed by atoms with E-state index in [4.69, 9.17) is 31.2 Å². The van der Waals surface area contributed by atoms with Crippen molar-refractivity contribution >= 4 is 59.3 Å². The van der Waals surface area contributed by atoms with E-state index in [1.54, 1.807) is 72.8 Å². The van der Waals surface area contributed by atoms with E-state index >= 15 is 0 Å². The molecular weight excluding hydrogens is 636 g/mol. The normalized spacial score (nSPS) is 9.39. The van der Waals surface area contributed by atoms with E-state index in [1.165, 1.54) is 24.3 Å². The van der Waals surface area contributed by atoms with Crippen molar-refractivity contribution in [2.45, 2.75) is 19.6 Å². The average Bonchev–Trinajstić information content (AvgIpc) is 2.97. The molecule has 0 aliphatic heterocycles. The van der Waals surface area contributed by atoms with E-state index in [9.17, 15) is 19.2 Å². The molecule has 0 spiro atoms. The summed E-state index contributed by atoms with van der Waals surface area (Å²) in [6, 6.07) is 26.0. The molecule has 0 bridgehead atoms. The largest absolute Gasteiger partial charge is 0.478 e. The number of nitrogens with one attached hydrogen (secondary N) is 2. The number of nitrogens with two attached hydrogens (primary N) is 4. The van der Waals surface area contributed by atoms with E-state index in [0.29, 0.717) is 19.6 Å². The molecule has 0 saturated carbocycles. The van der Waals surface area contributed by atoms with Crippen molar-refractivity contribution in [3.8, 4) is 0 Å². The van der Waals surface area contributed by atoms with Crippen LogP contribution in [0.5, 0.6) is 0 Å². The average molecular weight is 667 g/mol. The van der Waals surface area contributed by atoms with Crippen LogP contribution in [0.15, 0.2) is 117 Å². The monoisotopic (exact) mass is 666 g/mol. The number of aromatic carboxylic acids is 4. The predicted molar refractivity (Wildman–Crippen MR) is 174 cm³/mol. The molecule has 4 aromatic carbocycles. The second-order valence-corrected chi connectivity index (χ2v) is 10.5. The zero-order valence-electron chi connectivity index (χ0n) is 23.8. The van der Waals surface area contributed by atoms with Crippen LogP contribution in [0.3, 0.4) is 0 Å². The molecule has 0 amide bonds. The van der Waals surface area contributed by atoms with Gasteiger partial charge in [-0.25, -0.2) is 19.2 Å². The minimum atomic E-state index is -1.03. The quantitative estimate of drug-likeness (QED) is 0.0933. The molecule has 46 heavy (non-hydrogen) atoms. The third-order valence-electron chi connectivity index (χ3n) is 4.91. The maximum Gasteiger partial charge on any atom is 0.336 e. The minimum Gasteiger partial charge on any atom is -0.478 e. The van der Waals surface area contributed by atoms with E-state index in [1.807, 2.05) is 0 Å². The Morgan fingerprint density at radius 2 is 0.565 bits per heavy atom. The van der Waals surface area contributed by atoms with Gasteiger partial charge in [-0.3, -0.25) is 10.8 Å². The van der Waals surface area contributed by atoms with Gasteiger partial charge >= 0.3 is 23.9 Å². The number of hydrogen-bond acceptors (Lipinski definition) is 8. The van der Waals surface area contributed by atoms with Crippen LogP contribution in [-0.4, -0.2) is 56.2 Å². The van der Waals surface area contributed by atoms with Crippen molar-refractivity contribution in [3.05, 3.63) is 119 Å². The van der Waals surface area contributed by atoms with Crippen molar-refractivity contribution < 1.29 is 39.6 Å². The summed E-state index contributed by atoms with van der Waals surface area (Å²) in [5, 5.41) is 48.5. The van der Waals surface area contributed by atoms with Gasteiger partial charge in [0.05, 0.1) is 22.3 Å². The first-order valence-corrected chi connectivity index (χ1v) is 14.1. The highest BCUT2D eigenvalue weighted by molar-refractivity contribution is 7.99. The first-order chi connectivity index (χ1) is 21.6. The van der Waals surface area contributed by atoms with E-state index in [-0.39, 0.29) is 34.2 Å². The summed E-state index contributed by atoms with van der Waals surface area (Å²) >= 11 is 2.27. The van der Waals surface area contributed by atoms with Crippen LogP contribution in [0.4, 0.5) is 0 Å². The Labute approximate surface area is 271 Å². The van der Waals surface area contributed by atoms with Gasteiger partial charge in [-0.2, -0.15) is 0 Å². The summed E-state index contributed by atoms with van der Waals surface area (Å²) < 4.78 is 0. The summed E-state index contributed by atoms with van der Waals surface area (Å²) in [4.78, 5) is 46.5. The smallest absolute Gasteiger partial charge is 0.336 e. The number of benzene rings is 4.